The first-order valence-electron chi connectivity index (χ1n) is 11.0. The summed E-state index contributed by atoms with van der Waals surface area (Å²) >= 11 is 6.34. The highest BCUT2D eigenvalue weighted by Gasteiger charge is 2.27. The van der Waals surface area contributed by atoms with Crippen LogP contribution < -0.4 is 10.5 Å². The minimum atomic E-state index is -0.493. The van der Waals surface area contributed by atoms with Gasteiger partial charge in [-0.15, -0.1) is 0 Å². The third-order valence-corrected chi connectivity index (χ3v) is 6.48. The number of nitrogens with zero attached hydrogens (tertiary/aromatic N) is 5. The molecule has 1 aliphatic heterocycles. The molecule has 4 aromatic rings. The molecule has 7 nitrogen and oxygen atoms in total. The molecular formula is C24H22ClFN6O. The molecule has 0 radical (unpaired) electrons. The van der Waals surface area contributed by atoms with Gasteiger partial charge in [-0.2, -0.15) is 10.2 Å². The molecule has 0 amide bonds. The summed E-state index contributed by atoms with van der Waals surface area (Å²) in [6.07, 6.45) is 5.55. The number of fused-ring (bicyclic) bond motifs is 7. The number of hydrogen-bond acceptors (Lipinski definition) is 5. The zero-order chi connectivity index (χ0) is 22.7. The van der Waals surface area contributed by atoms with Crippen molar-refractivity contribution >= 4 is 17.4 Å². The van der Waals surface area contributed by atoms with E-state index in [-0.39, 0.29) is 11.6 Å². The van der Waals surface area contributed by atoms with Gasteiger partial charge in [0.15, 0.2) is 16.7 Å². The van der Waals surface area contributed by atoms with Crippen LogP contribution in [0.1, 0.15) is 37.0 Å². The van der Waals surface area contributed by atoms with Crippen molar-refractivity contribution in [1.82, 2.24) is 24.5 Å². The van der Waals surface area contributed by atoms with Crippen molar-refractivity contribution in [3.63, 3.8) is 0 Å². The lowest BCUT2D eigenvalue weighted by Crippen LogP contribution is -2.12. The quantitative estimate of drug-likeness (QED) is 0.446. The summed E-state index contributed by atoms with van der Waals surface area (Å²) in [6.45, 7) is 3.16. The maximum atomic E-state index is 14.3. The number of rotatable bonds is 2. The Labute approximate surface area is 195 Å². The Morgan fingerprint density at radius 1 is 1.21 bits per heavy atom. The Bertz CT molecular complexity index is 1380. The zero-order valence-electron chi connectivity index (χ0n) is 18.0. The third-order valence-electron chi connectivity index (χ3n) is 6.30. The van der Waals surface area contributed by atoms with Gasteiger partial charge in [-0.1, -0.05) is 11.6 Å². The lowest BCUT2D eigenvalue weighted by atomic mass is 9.99. The Morgan fingerprint density at radius 2 is 2.06 bits per heavy atom. The van der Waals surface area contributed by atoms with E-state index in [0.717, 1.165) is 34.6 Å². The number of halogens is 2. The van der Waals surface area contributed by atoms with E-state index in [1.54, 1.807) is 18.3 Å². The first-order chi connectivity index (χ1) is 16.0. The number of hydrogen-bond donors (Lipinski definition) is 1. The largest absolute Gasteiger partial charge is 0.482 e. The Morgan fingerprint density at radius 3 is 2.88 bits per heavy atom. The van der Waals surface area contributed by atoms with E-state index in [2.05, 4.69) is 15.2 Å². The van der Waals surface area contributed by atoms with Gasteiger partial charge in [0.1, 0.15) is 11.9 Å². The highest BCUT2D eigenvalue weighted by atomic mass is 35.5. The van der Waals surface area contributed by atoms with Gasteiger partial charge in [0.05, 0.1) is 24.1 Å². The fourth-order valence-corrected chi connectivity index (χ4v) is 4.67. The van der Waals surface area contributed by atoms with Crippen molar-refractivity contribution in [2.24, 2.45) is 5.92 Å². The van der Waals surface area contributed by atoms with E-state index in [1.165, 1.54) is 25.0 Å². The van der Waals surface area contributed by atoms with Crippen LogP contribution in [-0.2, 0) is 13.1 Å². The summed E-state index contributed by atoms with van der Waals surface area (Å²) < 4.78 is 24.4. The minimum absolute atomic E-state index is 0.281. The van der Waals surface area contributed by atoms with Gasteiger partial charge in [0.2, 0.25) is 0 Å². The van der Waals surface area contributed by atoms with E-state index in [9.17, 15) is 4.39 Å². The van der Waals surface area contributed by atoms with Crippen LogP contribution in [0.25, 0.3) is 22.5 Å². The van der Waals surface area contributed by atoms with Gasteiger partial charge in [0, 0.05) is 41.1 Å². The van der Waals surface area contributed by atoms with Crippen LogP contribution in [0.15, 0.2) is 42.7 Å². The van der Waals surface area contributed by atoms with E-state index < -0.39 is 6.10 Å². The number of aromatic nitrogens is 5. The molecule has 1 aromatic carbocycles. The summed E-state index contributed by atoms with van der Waals surface area (Å²) in [5, 5.41) is 9.58. The molecule has 6 rings (SSSR count). The van der Waals surface area contributed by atoms with Crippen LogP contribution in [0.2, 0.25) is 5.15 Å². The standard InChI is InChI=1S/C24H22ClFN6O/c1-13-19-7-17(26)4-5-18(19)20-8-22(25)30-31(20)12-16-10-29-32(11-14-2-3-14)23(16)15-6-21(33-13)24(27)28-9-15/h4-10,13-14H,2-3,11-12H2,1H3,(H2,27,28). The van der Waals surface area contributed by atoms with Crippen LogP contribution >= 0.6 is 11.6 Å². The number of ether oxygens (including phenoxy) is 1. The molecule has 2 bridgehead atoms. The molecule has 168 valence electrons. The molecule has 0 spiro atoms. The average molecular weight is 465 g/mol. The third kappa shape index (κ3) is 3.64. The fraction of sp³-hybridized carbons (Fsp3) is 0.292. The number of nitrogens with two attached hydrogens (primary N) is 1. The van der Waals surface area contributed by atoms with Gasteiger partial charge in [-0.25, -0.2) is 9.37 Å². The lowest BCUT2D eigenvalue weighted by Gasteiger charge is -2.21. The predicted molar refractivity (Wildman–Crippen MR) is 123 cm³/mol. The van der Waals surface area contributed by atoms with Crippen molar-refractivity contribution in [3.05, 3.63) is 64.8 Å². The van der Waals surface area contributed by atoms with Gasteiger partial charge in [0.25, 0.3) is 0 Å². The molecule has 1 aliphatic carbocycles. The SMILES string of the molecule is CC1Oc2cc(cnc2N)-c2c(cnn2CC2CC2)Cn2nc(Cl)cc2-c2ccc(F)cc21. The van der Waals surface area contributed by atoms with Crippen molar-refractivity contribution in [3.8, 4) is 28.3 Å². The molecule has 1 fully saturated rings. The number of anilines is 1. The molecule has 2 N–H and O–H groups in total. The number of nitrogen functional groups attached to an aromatic ring is 1. The van der Waals surface area contributed by atoms with Gasteiger partial charge < -0.3 is 10.5 Å². The summed E-state index contributed by atoms with van der Waals surface area (Å²) in [7, 11) is 0. The van der Waals surface area contributed by atoms with Crippen LogP contribution in [0.4, 0.5) is 10.2 Å². The molecule has 9 heteroatoms. The zero-order valence-corrected chi connectivity index (χ0v) is 18.8. The predicted octanol–water partition coefficient (Wildman–Crippen LogP) is 5.10. The molecule has 3 aromatic heterocycles. The van der Waals surface area contributed by atoms with E-state index >= 15 is 0 Å². The highest BCUT2D eigenvalue weighted by Crippen LogP contribution is 2.39. The Balaban J connectivity index is 1.60. The van der Waals surface area contributed by atoms with E-state index in [1.807, 2.05) is 28.6 Å². The van der Waals surface area contributed by atoms with E-state index in [4.69, 9.17) is 22.1 Å². The number of benzene rings is 1. The van der Waals surface area contributed by atoms with E-state index in [0.29, 0.717) is 28.9 Å². The molecule has 1 saturated carbocycles. The first kappa shape index (κ1) is 20.2. The van der Waals surface area contributed by atoms with Crippen LogP contribution in [-0.4, -0.2) is 24.5 Å². The maximum absolute atomic E-state index is 14.3. The Kier molecular flexibility index (Phi) is 4.65. The second-order valence-electron chi connectivity index (χ2n) is 8.75. The topological polar surface area (TPSA) is 83.8 Å². The summed E-state index contributed by atoms with van der Waals surface area (Å²) in [4.78, 5) is 4.39. The summed E-state index contributed by atoms with van der Waals surface area (Å²) in [5.74, 6) is 1.03. The lowest BCUT2D eigenvalue weighted by molar-refractivity contribution is 0.227. The first-order valence-corrected chi connectivity index (χ1v) is 11.3. The van der Waals surface area contributed by atoms with Gasteiger partial charge >= 0.3 is 0 Å². The smallest absolute Gasteiger partial charge is 0.166 e. The fourth-order valence-electron chi connectivity index (χ4n) is 4.48. The van der Waals surface area contributed by atoms with Gasteiger partial charge in [-0.05, 0) is 49.9 Å². The molecule has 33 heavy (non-hydrogen) atoms. The van der Waals surface area contributed by atoms with Crippen molar-refractivity contribution in [2.45, 2.75) is 39.0 Å². The van der Waals surface area contributed by atoms with Crippen LogP contribution in [0, 0.1) is 11.7 Å². The molecule has 2 aliphatic rings. The Hall–Kier alpha value is -3.39. The second-order valence-corrected chi connectivity index (χ2v) is 9.14. The van der Waals surface area contributed by atoms with Gasteiger partial charge in [-0.3, -0.25) is 9.36 Å². The van der Waals surface area contributed by atoms with Crippen molar-refractivity contribution < 1.29 is 9.13 Å². The van der Waals surface area contributed by atoms with Crippen LogP contribution in [0.5, 0.6) is 5.75 Å². The van der Waals surface area contributed by atoms with Crippen molar-refractivity contribution in [1.29, 1.82) is 0 Å². The minimum Gasteiger partial charge on any atom is -0.482 e. The molecule has 1 atom stereocenters. The normalized spacial score (nSPS) is 17.2. The molecule has 4 heterocycles. The van der Waals surface area contributed by atoms with Crippen LogP contribution in [0.3, 0.4) is 0 Å². The molecule has 1 unspecified atom stereocenters. The molecular weight excluding hydrogens is 443 g/mol. The highest BCUT2D eigenvalue weighted by molar-refractivity contribution is 6.29. The second kappa shape index (κ2) is 7.59. The monoisotopic (exact) mass is 464 g/mol. The maximum Gasteiger partial charge on any atom is 0.166 e. The van der Waals surface area contributed by atoms with Crippen molar-refractivity contribution in [2.75, 3.05) is 5.73 Å². The summed E-state index contributed by atoms with van der Waals surface area (Å²) in [5.41, 5.74) is 11.2. The average Bonchev–Trinajstić information content (AvgIpc) is 3.41. The molecule has 0 saturated heterocycles. The summed E-state index contributed by atoms with van der Waals surface area (Å²) in [6, 6.07) is 8.32. The number of pyridine rings is 1.